The molecule has 2 unspecified atom stereocenters. The van der Waals surface area contributed by atoms with Crippen LogP contribution in [0, 0.1) is 47.3 Å². The van der Waals surface area contributed by atoms with Crippen LogP contribution >= 0.6 is 0 Å². The number of fused-ring (bicyclic) bond motifs is 5. The Morgan fingerprint density at radius 2 is 2.14 bits per heavy atom. The van der Waals surface area contributed by atoms with Crippen molar-refractivity contribution in [3.63, 3.8) is 0 Å². The van der Waals surface area contributed by atoms with E-state index in [4.69, 9.17) is 6.42 Å². The number of ketones is 1. The monoisotopic (exact) mass is 298 g/mol. The number of terminal acetylenes is 1. The molecule has 0 aliphatic heterocycles. The normalized spacial score (nSPS) is 50.4. The third-order valence-corrected chi connectivity index (χ3v) is 7.51. The van der Waals surface area contributed by atoms with Gasteiger partial charge in [0.1, 0.15) is 0 Å². The molecule has 4 aliphatic carbocycles. The molecular formula is C20H26O2. The van der Waals surface area contributed by atoms with Gasteiger partial charge in [-0.2, -0.15) is 0 Å². The lowest BCUT2D eigenvalue weighted by atomic mass is 9.49. The molecule has 0 aromatic carbocycles. The van der Waals surface area contributed by atoms with Gasteiger partial charge >= 0.3 is 0 Å². The minimum atomic E-state index is -0.151. The summed E-state index contributed by atoms with van der Waals surface area (Å²) in [4.78, 5) is 11.8. The number of carbonyl (C=O) groups is 1. The Bertz CT molecular complexity index is 569. The van der Waals surface area contributed by atoms with E-state index in [1.807, 2.05) is 6.08 Å². The van der Waals surface area contributed by atoms with Crippen LogP contribution in [-0.2, 0) is 4.79 Å². The van der Waals surface area contributed by atoms with Gasteiger partial charge in [-0.1, -0.05) is 12.5 Å². The molecule has 3 fully saturated rings. The predicted molar refractivity (Wildman–Crippen MR) is 85.8 cm³/mol. The molecule has 0 aromatic heterocycles. The van der Waals surface area contributed by atoms with E-state index >= 15 is 0 Å². The Labute approximate surface area is 133 Å². The van der Waals surface area contributed by atoms with Crippen molar-refractivity contribution in [3.05, 3.63) is 11.6 Å². The van der Waals surface area contributed by atoms with Gasteiger partial charge < -0.3 is 5.11 Å². The molecule has 0 radical (unpaired) electrons. The zero-order valence-corrected chi connectivity index (χ0v) is 13.4. The van der Waals surface area contributed by atoms with Gasteiger partial charge in [0, 0.05) is 12.3 Å². The highest BCUT2D eigenvalue weighted by molar-refractivity contribution is 5.91. The van der Waals surface area contributed by atoms with Crippen molar-refractivity contribution in [1.29, 1.82) is 0 Å². The number of carbonyl (C=O) groups excluding carboxylic acids is 1. The summed E-state index contributed by atoms with van der Waals surface area (Å²) >= 11 is 0. The Morgan fingerprint density at radius 3 is 2.91 bits per heavy atom. The fourth-order valence-electron chi connectivity index (χ4n) is 6.37. The van der Waals surface area contributed by atoms with Gasteiger partial charge in [0.15, 0.2) is 5.78 Å². The van der Waals surface area contributed by atoms with Crippen LogP contribution in [0.25, 0.3) is 0 Å². The first kappa shape index (κ1) is 14.5. The van der Waals surface area contributed by atoms with Crippen LogP contribution in [0.2, 0.25) is 0 Å². The van der Waals surface area contributed by atoms with Gasteiger partial charge in [-0.15, -0.1) is 12.3 Å². The second kappa shape index (κ2) is 4.96. The van der Waals surface area contributed by atoms with E-state index in [-0.39, 0.29) is 23.2 Å². The van der Waals surface area contributed by atoms with Gasteiger partial charge in [-0.05, 0) is 73.7 Å². The molecule has 7 atom stereocenters. The maximum absolute atomic E-state index is 11.8. The summed E-state index contributed by atoms with van der Waals surface area (Å²) in [5, 5.41) is 10.5. The maximum atomic E-state index is 11.8. The summed E-state index contributed by atoms with van der Waals surface area (Å²) in [5.41, 5.74) is 1.41. The van der Waals surface area contributed by atoms with Gasteiger partial charge in [0.05, 0.1) is 6.10 Å². The number of aliphatic hydroxyl groups is 1. The minimum Gasteiger partial charge on any atom is -0.393 e. The number of hydrogen-bond donors (Lipinski definition) is 1. The fraction of sp³-hybridized carbons (Fsp3) is 0.750. The zero-order chi connectivity index (χ0) is 15.5. The maximum Gasteiger partial charge on any atom is 0.155 e. The van der Waals surface area contributed by atoms with Crippen molar-refractivity contribution in [3.8, 4) is 12.3 Å². The van der Waals surface area contributed by atoms with E-state index in [0.717, 1.165) is 32.1 Å². The molecule has 0 bridgehead atoms. The molecule has 2 nitrogen and oxygen atoms in total. The second-order valence-electron chi connectivity index (χ2n) is 8.29. The van der Waals surface area contributed by atoms with E-state index < -0.39 is 0 Å². The molecule has 4 aliphatic rings. The first-order valence-electron chi connectivity index (χ1n) is 8.92. The number of rotatable bonds is 0. The van der Waals surface area contributed by atoms with E-state index in [2.05, 4.69) is 12.8 Å². The van der Waals surface area contributed by atoms with E-state index in [9.17, 15) is 9.90 Å². The summed E-state index contributed by atoms with van der Waals surface area (Å²) in [7, 11) is 0. The first-order valence-corrected chi connectivity index (χ1v) is 8.92. The molecular weight excluding hydrogens is 272 g/mol. The number of allylic oxidation sites excluding steroid dienone is 1. The Hall–Kier alpha value is -1.07. The van der Waals surface area contributed by atoms with Gasteiger partial charge in [0.2, 0.25) is 0 Å². The highest BCUT2D eigenvalue weighted by atomic mass is 16.3. The molecule has 1 N–H and O–H groups in total. The standard InChI is InChI=1S/C20H26O2/c1-3-12-10-13-11-14(21)4-5-15(13)16-8-9-20(2)17(19(12)16)6-7-18(20)22/h1,11-12,15-19,22H,4-10H2,2H3/t12?,15-,16+,17-,18?,19+,20-/m0/s1. The molecule has 0 aromatic rings. The third kappa shape index (κ3) is 1.88. The van der Waals surface area contributed by atoms with Crippen LogP contribution < -0.4 is 0 Å². The molecule has 0 amide bonds. The minimum absolute atomic E-state index is 0.0714. The summed E-state index contributed by atoms with van der Waals surface area (Å²) in [5.74, 6) is 5.95. The number of aliphatic hydroxyl groups excluding tert-OH is 1. The van der Waals surface area contributed by atoms with Gasteiger partial charge in [-0.25, -0.2) is 0 Å². The van der Waals surface area contributed by atoms with Crippen LogP contribution in [0.1, 0.15) is 51.9 Å². The molecule has 22 heavy (non-hydrogen) atoms. The van der Waals surface area contributed by atoms with Crippen LogP contribution in [0.4, 0.5) is 0 Å². The molecule has 4 rings (SSSR count). The van der Waals surface area contributed by atoms with Crippen LogP contribution in [-0.4, -0.2) is 17.0 Å². The van der Waals surface area contributed by atoms with Crippen LogP contribution in [0.5, 0.6) is 0 Å². The van der Waals surface area contributed by atoms with E-state index in [1.165, 1.54) is 12.0 Å². The summed E-state index contributed by atoms with van der Waals surface area (Å²) < 4.78 is 0. The zero-order valence-electron chi connectivity index (χ0n) is 13.4. The molecule has 0 heterocycles. The van der Waals surface area contributed by atoms with Crippen molar-refractivity contribution in [1.82, 2.24) is 0 Å². The van der Waals surface area contributed by atoms with E-state index in [1.54, 1.807) is 0 Å². The SMILES string of the molecule is C#CC1CC2=CC(=O)CC[C@@H]2[C@H]2CC[C@]3(C)C(O)CC[C@H]3[C@H]12. The molecule has 118 valence electrons. The van der Waals surface area contributed by atoms with Crippen molar-refractivity contribution in [2.75, 3.05) is 0 Å². The predicted octanol–water partition coefficient (Wildman–Crippen LogP) is 3.35. The summed E-state index contributed by atoms with van der Waals surface area (Å²) in [6.45, 7) is 2.29. The Balaban J connectivity index is 1.72. The molecule has 2 heteroatoms. The average molecular weight is 298 g/mol. The Morgan fingerprint density at radius 1 is 1.32 bits per heavy atom. The van der Waals surface area contributed by atoms with Gasteiger partial charge in [0.25, 0.3) is 0 Å². The largest absolute Gasteiger partial charge is 0.393 e. The lowest BCUT2D eigenvalue weighted by Gasteiger charge is -2.55. The van der Waals surface area contributed by atoms with Crippen molar-refractivity contribution >= 4 is 5.78 Å². The topological polar surface area (TPSA) is 37.3 Å². The average Bonchev–Trinajstić information content (AvgIpc) is 2.81. The van der Waals surface area contributed by atoms with E-state index in [0.29, 0.717) is 30.1 Å². The smallest absolute Gasteiger partial charge is 0.155 e. The van der Waals surface area contributed by atoms with Crippen molar-refractivity contribution < 1.29 is 9.90 Å². The molecule has 0 saturated heterocycles. The van der Waals surface area contributed by atoms with Crippen molar-refractivity contribution in [2.24, 2.45) is 35.0 Å². The van der Waals surface area contributed by atoms with Crippen LogP contribution in [0.15, 0.2) is 11.6 Å². The quantitative estimate of drug-likeness (QED) is 0.696. The van der Waals surface area contributed by atoms with Gasteiger partial charge in [-0.3, -0.25) is 4.79 Å². The summed E-state index contributed by atoms with van der Waals surface area (Å²) in [6.07, 6.45) is 14.7. The highest BCUT2D eigenvalue weighted by Gasteiger charge is 2.58. The summed E-state index contributed by atoms with van der Waals surface area (Å²) in [6, 6.07) is 0. The molecule has 3 saturated carbocycles. The second-order valence-corrected chi connectivity index (χ2v) is 8.29. The first-order chi connectivity index (χ1) is 10.5. The lowest BCUT2D eigenvalue weighted by molar-refractivity contribution is -0.116. The highest BCUT2D eigenvalue weighted by Crippen LogP contribution is 2.62. The number of hydrogen-bond acceptors (Lipinski definition) is 2. The lowest BCUT2D eigenvalue weighted by Crippen LogP contribution is -2.50. The third-order valence-electron chi connectivity index (χ3n) is 7.51. The van der Waals surface area contributed by atoms with Crippen LogP contribution in [0.3, 0.4) is 0 Å². The Kier molecular flexibility index (Phi) is 3.28. The molecule has 0 spiro atoms. The van der Waals surface area contributed by atoms with Crippen molar-refractivity contribution in [2.45, 2.75) is 58.0 Å². The fourth-order valence-corrected chi connectivity index (χ4v) is 6.37.